The van der Waals surface area contributed by atoms with E-state index in [9.17, 15) is 4.39 Å². The van der Waals surface area contributed by atoms with Crippen molar-refractivity contribution in [3.63, 3.8) is 0 Å². The first-order chi connectivity index (χ1) is 9.65. The van der Waals surface area contributed by atoms with Gasteiger partial charge in [0.05, 0.1) is 13.2 Å². The number of halogens is 1. The molecular weight excluding hydrogens is 257 g/mol. The third kappa shape index (κ3) is 3.11. The summed E-state index contributed by atoms with van der Waals surface area (Å²) in [6, 6.07) is 4.43. The molecule has 106 valence electrons. The predicted molar refractivity (Wildman–Crippen MR) is 75.2 cm³/mol. The van der Waals surface area contributed by atoms with Crippen LogP contribution in [0.4, 0.5) is 4.39 Å². The molecular formula is C15H18FN3O. The minimum Gasteiger partial charge on any atom is -0.497 e. The van der Waals surface area contributed by atoms with E-state index in [2.05, 4.69) is 15.3 Å². The van der Waals surface area contributed by atoms with Gasteiger partial charge in [0.25, 0.3) is 0 Å². The van der Waals surface area contributed by atoms with Gasteiger partial charge in [-0.05, 0) is 25.1 Å². The van der Waals surface area contributed by atoms with E-state index < -0.39 is 0 Å². The zero-order valence-electron chi connectivity index (χ0n) is 11.9. The molecule has 4 nitrogen and oxygen atoms in total. The molecule has 1 N–H and O–H groups in total. The van der Waals surface area contributed by atoms with E-state index in [0.29, 0.717) is 23.7 Å². The highest BCUT2D eigenvalue weighted by Crippen LogP contribution is 2.25. The minimum atomic E-state index is -0.369. The summed E-state index contributed by atoms with van der Waals surface area (Å²) in [4.78, 5) is 8.57. The predicted octanol–water partition coefficient (Wildman–Crippen LogP) is 2.63. The Morgan fingerprint density at radius 2 is 2.00 bits per heavy atom. The zero-order valence-corrected chi connectivity index (χ0v) is 11.9. The smallest absolute Gasteiger partial charge is 0.149 e. The number of rotatable bonds is 5. The number of nitrogens with one attached hydrogen (secondary N) is 1. The summed E-state index contributed by atoms with van der Waals surface area (Å²) in [6.07, 6.45) is 3.46. The quantitative estimate of drug-likeness (QED) is 0.911. The standard InChI is InChI=1S/C15H18FN3O/c1-4-17-14(15-18-8-10(2)9-19-15)12-6-5-11(20-3)7-13(12)16/h5-9,14,17H,4H2,1-3H3. The molecule has 0 aliphatic heterocycles. The summed E-state index contributed by atoms with van der Waals surface area (Å²) in [5.74, 6) is 0.715. The molecule has 1 aromatic carbocycles. The van der Waals surface area contributed by atoms with Crippen molar-refractivity contribution in [1.82, 2.24) is 15.3 Å². The van der Waals surface area contributed by atoms with Crippen molar-refractivity contribution < 1.29 is 9.13 Å². The van der Waals surface area contributed by atoms with Crippen LogP contribution in [0.25, 0.3) is 0 Å². The molecule has 0 radical (unpaired) electrons. The molecule has 0 aliphatic carbocycles. The second-order valence-electron chi connectivity index (χ2n) is 4.50. The van der Waals surface area contributed by atoms with Gasteiger partial charge < -0.3 is 10.1 Å². The zero-order chi connectivity index (χ0) is 14.5. The van der Waals surface area contributed by atoms with Crippen LogP contribution in [-0.2, 0) is 0 Å². The number of aryl methyl sites for hydroxylation is 1. The molecule has 5 heteroatoms. The Bertz CT molecular complexity index is 572. The minimum absolute atomic E-state index is 0.334. The van der Waals surface area contributed by atoms with E-state index in [1.807, 2.05) is 13.8 Å². The van der Waals surface area contributed by atoms with Crippen molar-refractivity contribution in [2.24, 2.45) is 0 Å². The lowest BCUT2D eigenvalue weighted by Gasteiger charge is -2.18. The normalized spacial score (nSPS) is 12.2. The lowest BCUT2D eigenvalue weighted by atomic mass is 10.0. The highest BCUT2D eigenvalue weighted by molar-refractivity contribution is 5.33. The van der Waals surface area contributed by atoms with Crippen molar-refractivity contribution >= 4 is 0 Å². The van der Waals surface area contributed by atoms with E-state index in [0.717, 1.165) is 5.56 Å². The molecule has 0 amide bonds. The van der Waals surface area contributed by atoms with Crippen molar-refractivity contribution in [3.8, 4) is 5.75 Å². The SMILES string of the molecule is CCNC(c1ncc(C)cn1)c1ccc(OC)cc1F. The molecule has 20 heavy (non-hydrogen) atoms. The molecule has 1 heterocycles. The van der Waals surface area contributed by atoms with E-state index in [4.69, 9.17) is 4.74 Å². The Kier molecular flexibility index (Phi) is 4.63. The Labute approximate surface area is 118 Å². The fourth-order valence-electron chi connectivity index (χ4n) is 1.97. The number of benzene rings is 1. The number of methoxy groups -OCH3 is 1. The van der Waals surface area contributed by atoms with Gasteiger partial charge in [-0.25, -0.2) is 14.4 Å². The van der Waals surface area contributed by atoms with Crippen molar-refractivity contribution in [2.45, 2.75) is 19.9 Å². The third-order valence-electron chi connectivity index (χ3n) is 2.99. The first-order valence-electron chi connectivity index (χ1n) is 6.51. The van der Waals surface area contributed by atoms with Crippen LogP contribution in [-0.4, -0.2) is 23.6 Å². The van der Waals surface area contributed by atoms with Crippen molar-refractivity contribution in [1.29, 1.82) is 0 Å². The molecule has 1 unspecified atom stereocenters. The second-order valence-corrected chi connectivity index (χ2v) is 4.50. The van der Waals surface area contributed by atoms with Crippen LogP contribution in [0.15, 0.2) is 30.6 Å². The fourth-order valence-corrected chi connectivity index (χ4v) is 1.97. The molecule has 1 atom stereocenters. The first-order valence-corrected chi connectivity index (χ1v) is 6.51. The maximum atomic E-state index is 14.2. The monoisotopic (exact) mass is 275 g/mol. The molecule has 0 saturated carbocycles. The van der Waals surface area contributed by atoms with Gasteiger partial charge in [0, 0.05) is 24.0 Å². The molecule has 1 aromatic heterocycles. The Morgan fingerprint density at radius 1 is 1.30 bits per heavy atom. The molecule has 0 bridgehead atoms. The lowest BCUT2D eigenvalue weighted by Crippen LogP contribution is -2.25. The summed E-state index contributed by atoms with van der Waals surface area (Å²) >= 11 is 0. The van der Waals surface area contributed by atoms with E-state index >= 15 is 0 Å². The highest BCUT2D eigenvalue weighted by atomic mass is 19.1. The lowest BCUT2D eigenvalue weighted by molar-refractivity contribution is 0.409. The van der Waals surface area contributed by atoms with Crippen LogP contribution in [0.2, 0.25) is 0 Å². The molecule has 0 fully saturated rings. The van der Waals surface area contributed by atoms with Gasteiger partial charge >= 0.3 is 0 Å². The van der Waals surface area contributed by atoms with Crippen LogP contribution in [0.5, 0.6) is 5.75 Å². The van der Waals surface area contributed by atoms with Gasteiger partial charge in [0.15, 0.2) is 0 Å². The van der Waals surface area contributed by atoms with Gasteiger partial charge in [0.2, 0.25) is 0 Å². The van der Waals surface area contributed by atoms with Crippen LogP contribution in [0.1, 0.15) is 29.9 Å². The highest BCUT2D eigenvalue weighted by Gasteiger charge is 2.19. The maximum absolute atomic E-state index is 14.2. The number of hydrogen-bond donors (Lipinski definition) is 1. The maximum Gasteiger partial charge on any atom is 0.149 e. The Hall–Kier alpha value is -2.01. The van der Waals surface area contributed by atoms with Gasteiger partial charge in [-0.3, -0.25) is 0 Å². The van der Waals surface area contributed by atoms with Gasteiger partial charge in [-0.1, -0.05) is 13.0 Å². The Balaban J connectivity index is 2.40. The second kappa shape index (κ2) is 6.43. The largest absolute Gasteiger partial charge is 0.497 e. The summed E-state index contributed by atoms with van der Waals surface area (Å²) < 4.78 is 19.2. The third-order valence-corrected chi connectivity index (χ3v) is 2.99. The van der Waals surface area contributed by atoms with Crippen molar-refractivity contribution in [3.05, 3.63) is 53.4 Å². The van der Waals surface area contributed by atoms with E-state index in [1.165, 1.54) is 13.2 Å². The molecule has 2 rings (SSSR count). The van der Waals surface area contributed by atoms with Gasteiger partial charge in [-0.2, -0.15) is 0 Å². The van der Waals surface area contributed by atoms with E-state index in [1.54, 1.807) is 24.5 Å². The van der Waals surface area contributed by atoms with Gasteiger partial charge in [0.1, 0.15) is 17.4 Å². The van der Waals surface area contributed by atoms with Crippen LogP contribution in [0.3, 0.4) is 0 Å². The topological polar surface area (TPSA) is 47.0 Å². The number of ether oxygens (including phenoxy) is 1. The average Bonchev–Trinajstić information content (AvgIpc) is 2.46. The van der Waals surface area contributed by atoms with Crippen molar-refractivity contribution in [2.75, 3.05) is 13.7 Å². The van der Waals surface area contributed by atoms with E-state index in [-0.39, 0.29) is 11.9 Å². The average molecular weight is 275 g/mol. The first kappa shape index (κ1) is 14.4. The fraction of sp³-hybridized carbons (Fsp3) is 0.333. The Morgan fingerprint density at radius 3 is 2.55 bits per heavy atom. The number of aromatic nitrogens is 2. The molecule has 0 spiro atoms. The van der Waals surface area contributed by atoms with Crippen LogP contribution < -0.4 is 10.1 Å². The summed E-state index contributed by atoms with van der Waals surface area (Å²) in [5.41, 5.74) is 1.48. The summed E-state index contributed by atoms with van der Waals surface area (Å²) in [6.45, 7) is 4.57. The van der Waals surface area contributed by atoms with Crippen LogP contribution in [0, 0.1) is 12.7 Å². The molecule has 0 saturated heterocycles. The summed E-state index contributed by atoms with van der Waals surface area (Å²) in [5, 5.41) is 3.21. The number of nitrogens with zero attached hydrogens (tertiary/aromatic N) is 2. The number of hydrogen-bond acceptors (Lipinski definition) is 4. The summed E-state index contributed by atoms with van der Waals surface area (Å²) in [7, 11) is 1.51. The van der Waals surface area contributed by atoms with Gasteiger partial charge in [-0.15, -0.1) is 0 Å². The molecule has 2 aromatic rings. The molecule has 0 aliphatic rings. The van der Waals surface area contributed by atoms with Crippen LogP contribution >= 0.6 is 0 Å².